The van der Waals surface area contributed by atoms with Gasteiger partial charge >= 0.3 is 0 Å². The monoisotopic (exact) mass is 813 g/mol. The van der Waals surface area contributed by atoms with Crippen molar-refractivity contribution in [3.63, 3.8) is 0 Å². The number of benzene rings is 8. The lowest BCUT2D eigenvalue weighted by Crippen LogP contribution is -2.28. The molecule has 3 aliphatic rings. The average Bonchev–Trinajstić information content (AvgIpc) is 3.79. The van der Waals surface area contributed by atoms with Gasteiger partial charge in [-0.2, -0.15) is 0 Å². The molecule has 3 nitrogen and oxygen atoms in total. The molecule has 0 bridgehead atoms. The van der Waals surface area contributed by atoms with E-state index in [9.17, 15) is 5.48 Å². The molecule has 0 saturated heterocycles. The molecule has 1 aromatic heterocycles. The van der Waals surface area contributed by atoms with Gasteiger partial charge in [0.15, 0.2) is 17.5 Å². The molecule has 0 radical (unpaired) electrons. The maximum absolute atomic E-state index is 9.48. The van der Waals surface area contributed by atoms with E-state index in [1.807, 2.05) is 36.4 Å². The molecule has 0 unspecified atom stereocenters. The van der Waals surface area contributed by atoms with E-state index in [4.69, 9.17) is 15.0 Å². The molecule has 1 saturated carbocycles. The van der Waals surface area contributed by atoms with Gasteiger partial charge in [0.1, 0.15) is 0 Å². The van der Waals surface area contributed by atoms with Crippen molar-refractivity contribution >= 4 is 0 Å². The Hall–Kier alpha value is -7.23. The lowest BCUT2D eigenvalue weighted by Gasteiger charge is -2.36. The molecule has 0 N–H and O–H groups in total. The first-order valence-corrected chi connectivity index (χ1v) is 22.1. The summed E-state index contributed by atoms with van der Waals surface area (Å²) in [5.41, 5.74) is 15.4. The van der Waals surface area contributed by atoms with Gasteiger partial charge in [0.25, 0.3) is 0 Å². The fourth-order valence-electron chi connectivity index (χ4n) is 10.3. The first-order chi connectivity index (χ1) is 32.4. The SMILES string of the molecule is [2H]C1([2H])CCCC([2H])([2H])C12c1ccccc1-c1ccc(-c3ccc4c(c3)C(C)(C)c3cc(-c5nc(-c6cccc(-c7ccccc7)c6)nc(-c6cccc(-c7ccccc7)c6)n5)ccc3-4)cc12. The minimum Gasteiger partial charge on any atom is -0.208 e. The number of hydrogen-bond acceptors (Lipinski definition) is 3. The van der Waals surface area contributed by atoms with Crippen LogP contribution >= 0.6 is 0 Å². The van der Waals surface area contributed by atoms with Crippen LogP contribution < -0.4 is 0 Å². The number of hydrogen-bond donors (Lipinski definition) is 0. The van der Waals surface area contributed by atoms with Crippen molar-refractivity contribution in [3.05, 3.63) is 210 Å². The summed E-state index contributed by atoms with van der Waals surface area (Å²) in [5.74, 6) is 1.80. The summed E-state index contributed by atoms with van der Waals surface area (Å²) >= 11 is 0. The quantitative estimate of drug-likeness (QED) is 0.168. The first-order valence-electron chi connectivity index (χ1n) is 24.1. The van der Waals surface area contributed by atoms with Crippen LogP contribution in [0.25, 0.3) is 89.8 Å². The van der Waals surface area contributed by atoms with Crippen LogP contribution in [0.2, 0.25) is 0 Å². The van der Waals surface area contributed by atoms with Crippen LogP contribution in [0.4, 0.5) is 0 Å². The highest BCUT2D eigenvalue weighted by molar-refractivity contribution is 5.88. The highest BCUT2D eigenvalue weighted by atomic mass is 15.0. The van der Waals surface area contributed by atoms with Gasteiger partial charge in [-0.05, 0) is 121 Å². The lowest BCUT2D eigenvalue weighted by atomic mass is 9.67. The average molecular weight is 814 g/mol. The molecule has 63 heavy (non-hydrogen) atoms. The maximum atomic E-state index is 9.48. The maximum Gasteiger partial charge on any atom is 0.164 e. The smallest absolute Gasteiger partial charge is 0.164 e. The lowest BCUT2D eigenvalue weighted by molar-refractivity contribution is 0.353. The zero-order valence-electron chi connectivity index (χ0n) is 39.4. The van der Waals surface area contributed by atoms with Crippen molar-refractivity contribution in [2.75, 3.05) is 0 Å². The molecule has 1 heterocycles. The Kier molecular flexibility index (Phi) is 7.80. The third-order valence-corrected chi connectivity index (χ3v) is 13.5. The number of fused-ring (bicyclic) bond motifs is 8. The standard InChI is InChI=1S/C60H47N3/c1-59(2)53-36-43(44-27-30-51-48-24-10-11-25-52(48)60(55(51)37-44)32-12-5-13-33-60)26-29-49(53)50-31-28-47(38-54(50)59)58-62-56(45-22-14-20-41(34-45)39-16-6-3-7-17-39)61-57(63-58)46-23-15-21-42(35-46)40-18-8-4-9-19-40/h3-4,6-11,14-31,34-38H,5,12-13,32-33H2,1-2H3/i32D2,33D2. The van der Waals surface area contributed by atoms with E-state index in [-0.39, 0.29) is 5.41 Å². The molecule has 12 rings (SSSR count). The van der Waals surface area contributed by atoms with Crippen molar-refractivity contribution < 1.29 is 5.48 Å². The van der Waals surface area contributed by atoms with Crippen LogP contribution in [0, 0.1) is 0 Å². The van der Waals surface area contributed by atoms with E-state index < -0.39 is 18.2 Å². The third kappa shape index (κ3) is 6.21. The molecule has 1 fully saturated rings. The van der Waals surface area contributed by atoms with Crippen molar-refractivity contribution in [1.82, 2.24) is 15.0 Å². The van der Waals surface area contributed by atoms with Gasteiger partial charge in [-0.1, -0.05) is 191 Å². The highest BCUT2D eigenvalue weighted by Crippen LogP contribution is 2.57. The molecule has 3 aliphatic carbocycles. The zero-order valence-corrected chi connectivity index (χ0v) is 35.4. The zero-order chi connectivity index (χ0) is 45.7. The van der Waals surface area contributed by atoms with Crippen LogP contribution in [0.1, 0.15) is 73.6 Å². The largest absolute Gasteiger partial charge is 0.208 e. The summed E-state index contributed by atoms with van der Waals surface area (Å²) in [5, 5.41) is 0. The van der Waals surface area contributed by atoms with E-state index in [1.54, 1.807) is 0 Å². The van der Waals surface area contributed by atoms with E-state index in [1.165, 1.54) is 22.3 Å². The van der Waals surface area contributed by atoms with Crippen molar-refractivity contribution in [2.45, 2.75) is 56.7 Å². The Morgan fingerprint density at radius 2 is 0.714 bits per heavy atom. The Morgan fingerprint density at radius 1 is 0.333 bits per heavy atom. The molecular formula is C60H47N3. The predicted octanol–water partition coefficient (Wildman–Crippen LogP) is 15.4. The number of rotatable bonds is 6. The molecule has 1 spiro atoms. The summed E-state index contributed by atoms with van der Waals surface area (Å²) in [7, 11) is 0. The van der Waals surface area contributed by atoms with E-state index in [0.717, 1.165) is 72.3 Å². The first kappa shape index (κ1) is 33.4. The summed E-state index contributed by atoms with van der Waals surface area (Å²) in [6, 6.07) is 65.0. The Labute approximate surface area is 375 Å². The molecule has 0 atom stereocenters. The minimum absolute atomic E-state index is 0.313. The molecule has 0 aliphatic heterocycles. The summed E-state index contributed by atoms with van der Waals surface area (Å²) in [4.78, 5) is 15.6. The van der Waals surface area contributed by atoms with Gasteiger partial charge in [-0.3, -0.25) is 0 Å². The number of aromatic nitrogens is 3. The van der Waals surface area contributed by atoms with Gasteiger partial charge in [0, 0.05) is 33.0 Å². The van der Waals surface area contributed by atoms with E-state index >= 15 is 0 Å². The van der Waals surface area contributed by atoms with Crippen LogP contribution in [-0.2, 0) is 10.8 Å². The minimum atomic E-state index is -1.77. The molecule has 8 aromatic carbocycles. The molecule has 302 valence electrons. The van der Waals surface area contributed by atoms with Crippen molar-refractivity contribution in [2.24, 2.45) is 0 Å². The van der Waals surface area contributed by atoms with E-state index in [0.29, 0.717) is 36.7 Å². The van der Waals surface area contributed by atoms with E-state index in [2.05, 4.69) is 166 Å². The summed E-state index contributed by atoms with van der Waals surface area (Å²) < 4.78 is 37.9. The fraction of sp³-hybridized carbons (Fsp3) is 0.150. The summed E-state index contributed by atoms with van der Waals surface area (Å²) in [6.45, 7) is 4.55. The topological polar surface area (TPSA) is 38.7 Å². The van der Waals surface area contributed by atoms with Gasteiger partial charge < -0.3 is 0 Å². The molecular weight excluding hydrogens is 763 g/mol. The molecule has 0 amide bonds. The second-order valence-corrected chi connectivity index (χ2v) is 17.6. The van der Waals surface area contributed by atoms with Crippen LogP contribution in [0.5, 0.6) is 0 Å². The Morgan fingerprint density at radius 3 is 1.27 bits per heavy atom. The van der Waals surface area contributed by atoms with Crippen LogP contribution in [-0.4, -0.2) is 15.0 Å². The summed E-state index contributed by atoms with van der Waals surface area (Å²) in [6.07, 6.45) is -2.40. The highest BCUT2D eigenvalue weighted by Gasteiger charge is 2.44. The van der Waals surface area contributed by atoms with Gasteiger partial charge in [-0.15, -0.1) is 0 Å². The third-order valence-electron chi connectivity index (χ3n) is 13.5. The van der Waals surface area contributed by atoms with Crippen molar-refractivity contribution in [3.8, 4) is 89.8 Å². The fourth-order valence-corrected chi connectivity index (χ4v) is 10.3. The van der Waals surface area contributed by atoms with Crippen LogP contribution in [0.15, 0.2) is 188 Å². The normalized spacial score (nSPS) is 17.6. The van der Waals surface area contributed by atoms with Crippen molar-refractivity contribution in [1.29, 1.82) is 0 Å². The number of nitrogens with zero attached hydrogens (tertiary/aromatic N) is 3. The second kappa shape index (κ2) is 14.7. The van der Waals surface area contributed by atoms with Gasteiger partial charge in [0.05, 0.1) is 0 Å². The second-order valence-electron chi connectivity index (χ2n) is 17.6. The molecule has 9 aromatic rings. The van der Waals surface area contributed by atoms with Crippen LogP contribution in [0.3, 0.4) is 0 Å². The molecule has 3 heteroatoms. The van der Waals surface area contributed by atoms with Gasteiger partial charge in [0.2, 0.25) is 0 Å². The van der Waals surface area contributed by atoms with Gasteiger partial charge in [-0.25, -0.2) is 15.0 Å². The Bertz CT molecular complexity index is 3320. The Balaban J connectivity index is 0.951. The predicted molar refractivity (Wildman–Crippen MR) is 259 cm³/mol.